The Hall–Kier alpha value is -1.13. The highest BCUT2D eigenvalue weighted by atomic mass is 35.5. The summed E-state index contributed by atoms with van der Waals surface area (Å²) in [6.45, 7) is 4.04. The topological polar surface area (TPSA) is 41.1 Å². The van der Waals surface area contributed by atoms with Gasteiger partial charge in [-0.15, -0.1) is 0 Å². The molecule has 1 amide bonds. The van der Waals surface area contributed by atoms with Gasteiger partial charge in [-0.1, -0.05) is 18.5 Å². The predicted molar refractivity (Wildman–Crippen MR) is 62.3 cm³/mol. The fourth-order valence-corrected chi connectivity index (χ4v) is 1.30. The Morgan fingerprint density at radius 2 is 2.19 bits per heavy atom. The third kappa shape index (κ3) is 3.79. The molecule has 0 atom stereocenters. The van der Waals surface area contributed by atoms with Gasteiger partial charge in [-0.05, 0) is 24.7 Å². The van der Waals surface area contributed by atoms with Crippen molar-refractivity contribution in [2.24, 2.45) is 0 Å². The summed E-state index contributed by atoms with van der Waals surface area (Å²) in [5.74, 6) is -0.880. The lowest BCUT2D eigenvalue weighted by atomic mass is 10.2. The Labute approximate surface area is 99.0 Å². The van der Waals surface area contributed by atoms with Crippen molar-refractivity contribution < 1.29 is 9.18 Å². The Morgan fingerprint density at radius 3 is 2.81 bits per heavy atom. The summed E-state index contributed by atoms with van der Waals surface area (Å²) in [6.07, 6.45) is 0. The van der Waals surface area contributed by atoms with Crippen LogP contribution in [0.2, 0.25) is 5.02 Å². The fourth-order valence-electron chi connectivity index (χ4n) is 1.18. The molecule has 0 spiro atoms. The summed E-state index contributed by atoms with van der Waals surface area (Å²) in [5, 5.41) is 5.75. The van der Waals surface area contributed by atoms with E-state index < -0.39 is 5.82 Å². The van der Waals surface area contributed by atoms with Gasteiger partial charge in [0.25, 0.3) is 5.91 Å². The van der Waals surface area contributed by atoms with E-state index in [0.717, 1.165) is 12.6 Å². The number of hydrogen-bond donors (Lipinski definition) is 2. The van der Waals surface area contributed by atoms with Crippen LogP contribution in [0.15, 0.2) is 18.2 Å². The number of benzene rings is 1. The zero-order valence-corrected chi connectivity index (χ0v) is 9.77. The Morgan fingerprint density at radius 1 is 1.44 bits per heavy atom. The first-order chi connectivity index (χ1) is 7.65. The van der Waals surface area contributed by atoms with Crippen LogP contribution in [0.5, 0.6) is 0 Å². The molecule has 1 aromatic carbocycles. The lowest BCUT2D eigenvalue weighted by Gasteiger charge is -2.05. The summed E-state index contributed by atoms with van der Waals surface area (Å²) >= 11 is 5.51. The summed E-state index contributed by atoms with van der Waals surface area (Å²) in [6, 6.07) is 4.00. The van der Waals surface area contributed by atoms with Crippen molar-refractivity contribution >= 4 is 17.5 Å². The van der Waals surface area contributed by atoms with Crippen LogP contribution >= 0.6 is 11.6 Å². The summed E-state index contributed by atoms with van der Waals surface area (Å²) in [7, 11) is 0. The van der Waals surface area contributed by atoms with Crippen LogP contribution in [0.1, 0.15) is 17.3 Å². The van der Waals surface area contributed by atoms with Crippen molar-refractivity contribution in [2.75, 3.05) is 19.6 Å². The highest BCUT2D eigenvalue weighted by Crippen LogP contribution is 2.15. The Kier molecular flexibility index (Phi) is 5.22. The highest BCUT2D eigenvalue weighted by molar-refractivity contribution is 6.30. The molecule has 88 valence electrons. The standard InChI is InChI=1S/C11H14ClFN2O/c1-2-14-5-6-15-11(16)8-3-4-9(12)10(13)7-8/h3-4,7,14H,2,5-6H2,1H3,(H,15,16). The molecule has 5 heteroatoms. The van der Waals surface area contributed by atoms with E-state index in [9.17, 15) is 9.18 Å². The Bertz CT molecular complexity index is 371. The van der Waals surface area contributed by atoms with Crippen molar-refractivity contribution in [1.29, 1.82) is 0 Å². The number of carbonyl (C=O) groups excluding carboxylic acids is 1. The van der Waals surface area contributed by atoms with Crippen LogP contribution in [0, 0.1) is 5.82 Å². The molecule has 1 aromatic rings. The number of nitrogens with one attached hydrogen (secondary N) is 2. The van der Waals surface area contributed by atoms with Crippen LogP contribution in [0.3, 0.4) is 0 Å². The second kappa shape index (κ2) is 6.45. The number of halogens is 2. The SMILES string of the molecule is CCNCCNC(=O)c1ccc(Cl)c(F)c1. The molecular formula is C11H14ClFN2O. The minimum Gasteiger partial charge on any atom is -0.351 e. The molecule has 2 N–H and O–H groups in total. The van der Waals surface area contributed by atoms with Crippen LogP contribution in [-0.4, -0.2) is 25.5 Å². The second-order valence-corrected chi connectivity index (χ2v) is 3.65. The summed E-state index contributed by atoms with van der Waals surface area (Å²) in [5.41, 5.74) is 0.276. The monoisotopic (exact) mass is 244 g/mol. The Balaban J connectivity index is 2.50. The number of likely N-dealkylation sites (N-methyl/N-ethyl adjacent to an activating group) is 1. The molecule has 0 fully saturated rings. The number of carbonyl (C=O) groups is 1. The van der Waals surface area contributed by atoms with E-state index in [1.807, 2.05) is 6.92 Å². The van der Waals surface area contributed by atoms with Gasteiger partial charge < -0.3 is 10.6 Å². The molecule has 0 heterocycles. The van der Waals surface area contributed by atoms with E-state index in [2.05, 4.69) is 10.6 Å². The highest BCUT2D eigenvalue weighted by Gasteiger charge is 2.07. The average Bonchev–Trinajstić information content (AvgIpc) is 2.28. The number of rotatable bonds is 5. The maximum Gasteiger partial charge on any atom is 0.251 e. The van der Waals surface area contributed by atoms with Gasteiger partial charge in [0.1, 0.15) is 5.82 Å². The van der Waals surface area contributed by atoms with E-state index in [4.69, 9.17) is 11.6 Å². The molecule has 0 saturated heterocycles. The first-order valence-electron chi connectivity index (χ1n) is 5.09. The molecule has 0 unspecified atom stereocenters. The largest absolute Gasteiger partial charge is 0.351 e. The molecule has 1 rings (SSSR count). The van der Waals surface area contributed by atoms with Crippen molar-refractivity contribution in [3.63, 3.8) is 0 Å². The van der Waals surface area contributed by atoms with E-state index in [1.165, 1.54) is 12.1 Å². The zero-order valence-electron chi connectivity index (χ0n) is 9.02. The van der Waals surface area contributed by atoms with E-state index in [0.29, 0.717) is 13.1 Å². The lowest BCUT2D eigenvalue weighted by molar-refractivity contribution is 0.0953. The van der Waals surface area contributed by atoms with Crippen molar-refractivity contribution in [3.05, 3.63) is 34.6 Å². The average molecular weight is 245 g/mol. The van der Waals surface area contributed by atoms with E-state index in [-0.39, 0.29) is 16.5 Å². The predicted octanol–water partition coefficient (Wildman–Crippen LogP) is 1.82. The molecular weight excluding hydrogens is 231 g/mol. The van der Waals surface area contributed by atoms with Crippen LogP contribution in [0.25, 0.3) is 0 Å². The van der Waals surface area contributed by atoms with E-state index >= 15 is 0 Å². The molecule has 3 nitrogen and oxygen atoms in total. The van der Waals surface area contributed by atoms with Crippen LogP contribution < -0.4 is 10.6 Å². The molecule has 0 aliphatic rings. The maximum absolute atomic E-state index is 13.1. The number of amides is 1. The van der Waals surface area contributed by atoms with Gasteiger partial charge in [-0.3, -0.25) is 4.79 Å². The first kappa shape index (κ1) is 12.9. The number of hydrogen-bond acceptors (Lipinski definition) is 2. The summed E-state index contributed by atoms with van der Waals surface area (Å²) in [4.78, 5) is 11.5. The van der Waals surface area contributed by atoms with Gasteiger partial charge in [-0.2, -0.15) is 0 Å². The minimum absolute atomic E-state index is 0.0178. The van der Waals surface area contributed by atoms with Gasteiger partial charge in [0.15, 0.2) is 0 Å². The van der Waals surface area contributed by atoms with Gasteiger partial charge >= 0.3 is 0 Å². The van der Waals surface area contributed by atoms with E-state index in [1.54, 1.807) is 0 Å². The minimum atomic E-state index is -0.582. The van der Waals surface area contributed by atoms with Crippen molar-refractivity contribution in [3.8, 4) is 0 Å². The first-order valence-corrected chi connectivity index (χ1v) is 5.47. The lowest BCUT2D eigenvalue weighted by Crippen LogP contribution is -2.31. The van der Waals surface area contributed by atoms with Gasteiger partial charge in [0.05, 0.1) is 5.02 Å². The van der Waals surface area contributed by atoms with Gasteiger partial charge in [0, 0.05) is 18.7 Å². The maximum atomic E-state index is 13.1. The molecule has 0 radical (unpaired) electrons. The van der Waals surface area contributed by atoms with Gasteiger partial charge in [0.2, 0.25) is 0 Å². The quantitative estimate of drug-likeness (QED) is 0.776. The van der Waals surface area contributed by atoms with Crippen LogP contribution in [0.4, 0.5) is 4.39 Å². The summed E-state index contributed by atoms with van der Waals surface area (Å²) < 4.78 is 13.1. The van der Waals surface area contributed by atoms with Crippen molar-refractivity contribution in [2.45, 2.75) is 6.92 Å². The normalized spacial score (nSPS) is 10.2. The molecule has 0 aliphatic carbocycles. The fraction of sp³-hybridized carbons (Fsp3) is 0.364. The molecule has 0 aromatic heterocycles. The molecule has 0 bridgehead atoms. The second-order valence-electron chi connectivity index (χ2n) is 3.24. The molecule has 0 aliphatic heterocycles. The smallest absolute Gasteiger partial charge is 0.251 e. The van der Waals surface area contributed by atoms with Gasteiger partial charge in [-0.25, -0.2) is 4.39 Å². The molecule has 16 heavy (non-hydrogen) atoms. The third-order valence-electron chi connectivity index (χ3n) is 2.02. The zero-order chi connectivity index (χ0) is 12.0. The van der Waals surface area contributed by atoms with Crippen molar-refractivity contribution in [1.82, 2.24) is 10.6 Å². The molecule has 0 saturated carbocycles. The third-order valence-corrected chi connectivity index (χ3v) is 2.33. The van der Waals surface area contributed by atoms with Crippen LogP contribution in [-0.2, 0) is 0 Å².